The smallest absolute Gasteiger partial charge is 0.376 e. The van der Waals surface area contributed by atoms with Crippen LogP contribution < -0.4 is 40.6 Å². The van der Waals surface area contributed by atoms with Crippen LogP contribution in [0.15, 0.2) is 153 Å². The van der Waals surface area contributed by atoms with Crippen molar-refractivity contribution in [1.82, 2.24) is 49.5 Å². The average molecular weight is 1620 g/mol. The van der Waals surface area contributed by atoms with Gasteiger partial charge in [-0.1, -0.05) is 0 Å². The molecule has 0 unspecified atom stereocenters. The SMILES string of the molecule is CB(O)N1CCC(O)CC1.CB(O)N1CCC(Oc2ccc(I)c3ccncc23)CC1.CB(O)N1CCC(Oc2ccc(N)c3ccncc23)CC1.CB(O)N1CCC(Oc2ccc(N)c3ccncc23)CC1.O=C1CCCN(c2ccc(OC3CCNCC3)c3cnccc23)C1.O=[N+]([O-])c1ccc(O)c2cnccc12. The number of ketones is 1. The number of hydrogen-bond acceptors (Lipinski definition) is 26. The Morgan fingerprint density at radius 2 is 0.820 bits per heavy atom. The number of ether oxygens (including phenoxy) is 4. The number of aliphatic hydroxyl groups excluding tert-OH is 1. The molecule has 5 aromatic heterocycles. The molecule has 10 aromatic rings. The maximum Gasteiger partial charge on any atom is 0.376 e. The first-order chi connectivity index (χ1) is 53.7. The maximum absolute atomic E-state index is 11.8. The summed E-state index contributed by atoms with van der Waals surface area (Å²) in [4.78, 5) is 52.9. The molecule has 584 valence electrons. The number of aliphatic hydroxyl groups is 1. The summed E-state index contributed by atoms with van der Waals surface area (Å²) in [6.07, 6.45) is 28.8. The van der Waals surface area contributed by atoms with E-state index < -0.39 is 4.92 Å². The lowest BCUT2D eigenvalue weighted by molar-refractivity contribution is -0.383. The standard InChI is InChI=1S/C19H23N3O2.C15H18BIN2O2.2C15H20BN3O2.C9H6N2O3.C6H14BNO2/c23-14-2-1-11-22(13-14)18-3-4-19(17-12-21-10-7-16(17)18)24-15-5-8-20-9-6-15;3*1-16(20)19-8-5-11(6-9-19)21-15-3-2-14(17)12-4-7-18-10-13(12)15;12-9-2-1-8(11(13)14)6-3-4-10-5-7(6)9;1-7(10)8-4-2-6(9)3-5-8/h3-4,7,10,12,15,20H,1-2,5-6,8-9,11,13H2;2-4,7,10-11,20H,5-6,8-9H2,1H3;2*2-4,7,10-11,20H,5-6,8-9,17H2,1H3;1-5,12H;6,9-10H,2-5H2,1H3. The number of nitro benzene ring substituents is 1. The first kappa shape index (κ1) is 83.2. The Morgan fingerprint density at radius 1 is 0.459 bits per heavy atom. The van der Waals surface area contributed by atoms with Crippen LogP contribution in [-0.2, 0) is 4.79 Å². The van der Waals surface area contributed by atoms with Crippen LogP contribution in [0, 0.1) is 13.7 Å². The molecule has 0 bridgehead atoms. The number of nitrogens with two attached hydrogens (primary N) is 2. The fourth-order valence-electron chi connectivity index (χ4n) is 14.7. The van der Waals surface area contributed by atoms with Gasteiger partial charge in [-0.2, -0.15) is 0 Å². The number of carbonyl (C=O) groups is 1. The van der Waals surface area contributed by atoms with Crippen molar-refractivity contribution >= 4 is 133 Å². The number of nitrogens with zero attached hydrogens (tertiary/aromatic N) is 11. The Hall–Kier alpha value is -8.79. The van der Waals surface area contributed by atoms with Gasteiger partial charge in [-0.05, 0) is 271 Å². The highest BCUT2D eigenvalue weighted by molar-refractivity contribution is 14.1. The van der Waals surface area contributed by atoms with Gasteiger partial charge in [0.25, 0.3) is 5.69 Å². The number of nitrogen functional groups attached to an aromatic ring is 2. The Morgan fingerprint density at radius 3 is 1.24 bits per heavy atom. The number of benzene rings is 5. The van der Waals surface area contributed by atoms with E-state index in [2.05, 4.69) is 84.3 Å². The van der Waals surface area contributed by atoms with Crippen LogP contribution in [0.25, 0.3) is 53.9 Å². The number of hydrogen-bond donors (Lipinski definition) is 9. The van der Waals surface area contributed by atoms with E-state index in [1.54, 1.807) is 45.3 Å². The molecule has 0 radical (unpaired) electrons. The second-order valence-corrected chi connectivity index (χ2v) is 30.0. The maximum atomic E-state index is 11.8. The van der Waals surface area contributed by atoms with Crippen LogP contribution in [-0.4, -0.2) is 222 Å². The van der Waals surface area contributed by atoms with Crippen molar-refractivity contribution in [3.8, 4) is 28.7 Å². The number of fused-ring (bicyclic) bond motifs is 5. The number of phenols is 1. The summed E-state index contributed by atoms with van der Waals surface area (Å²) in [6, 6.07) is 27.8. The zero-order chi connectivity index (χ0) is 78.5. The number of anilines is 3. The van der Waals surface area contributed by atoms with Gasteiger partial charge in [-0.25, -0.2) is 0 Å². The van der Waals surface area contributed by atoms with Gasteiger partial charge in [-0.3, -0.25) is 39.8 Å². The molecule has 0 aliphatic carbocycles. The van der Waals surface area contributed by atoms with Crippen molar-refractivity contribution in [2.75, 3.05) is 94.9 Å². The first-order valence-corrected chi connectivity index (χ1v) is 39.6. The van der Waals surface area contributed by atoms with Crippen LogP contribution in [0.1, 0.15) is 77.0 Å². The zero-order valence-corrected chi connectivity index (χ0v) is 65.8. The van der Waals surface area contributed by atoms with E-state index in [4.69, 9.17) is 40.5 Å². The van der Waals surface area contributed by atoms with Gasteiger partial charge < -0.3 is 90.2 Å². The van der Waals surface area contributed by atoms with Gasteiger partial charge >= 0.3 is 28.2 Å². The second kappa shape index (κ2) is 40.6. The van der Waals surface area contributed by atoms with E-state index in [9.17, 15) is 35.1 Å². The molecule has 6 fully saturated rings. The number of nitro groups is 1. The largest absolute Gasteiger partial charge is 0.507 e. The molecule has 111 heavy (non-hydrogen) atoms. The second-order valence-electron chi connectivity index (χ2n) is 28.9. The summed E-state index contributed by atoms with van der Waals surface area (Å²) in [7, 11) is -1.48. The van der Waals surface area contributed by atoms with Crippen molar-refractivity contribution in [1.29, 1.82) is 0 Å². The molecule has 0 amide bonds. The van der Waals surface area contributed by atoms with Gasteiger partial charge in [0.05, 0.1) is 23.0 Å². The number of nitrogens with one attached hydrogen (secondary N) is 1. The molecule has 0 saturated carbocycles. The monoisotopic (exact) mass is 1620 g/mol. The number of aromatic hydroxyl groups is 1. The number of non-ortho nitro benzene ring substituents is 1. The van der Waals surface area contributed by atoms with Crippen LogP contribution in [0.2, 0.25) is 27.3 Å². The molecule has 6 aliphatic heterocycles. The molecule has 11 heterocycles. The Balaban J connectivity index is 0.000000134. The minimum absolute atomic E-state index is 0.00120. The van der Waals surface area contributed by atoms with E-state index in [1.807, 2.05) is 97.1 Å². The van der Waals surface area contributed by atoms with Crippen molar-refractivity contribution in [2.45, 2.75) is 135 Å². The van der Waals surface area contributed by atoms with Crippen molar-refractivity contribution in [2.24, 2.45) is 0 Å². The number of aromatic nitrogens is 5. The molecule has 0 atom stereocenters. The summed E-state index contributed by atoms with van der Waals surface area (Å²) < 4.78 is 26.0. The number of pyridine rings is 5. The first-order valence-electron chi connectivity index (χ1n) is 38.5. The Labute approximate surface area is 662 Å². The predicted molar refractivity (Wildman–Crippen MR) is 449 cm³/mol. The van der Waals surface area contributed by atoms with E-state index in [-0.39, 0.29) is 70.2 Å². The van der Waals surface area contributed by atoms with E-state index in [1.165, 1.54) is 39.5 Å². The third kappa shape index (κ3) is 22.8. The number of halogens is 1. The predicted octanol–water partition coefficient (Wildman–Crippen LogP) is 10.3. The summed E-state index contributed by atoms with van der Waals surface area (Å²) in [5, 5.41) is 79.4. The summed E-state index contributed by atoms with van der Waals surface area (Å²) in [6.45, 7) is 17.5. The van der Waals surface area contributed by atoms with Crippen LogP contribution in [0.5, 0.6) is 28.7 Å². The van der Waals surface area contributed by atoms with Crippen molar-refractivity contribution < 1.29 is 59.0 Å². The fraction of sp³-hybridized carbons (Fsp3) is 0.418. The number of piperidine rings is 6. The van der Waals surface area contributed by atoms with Gasteiger partial charge in [0, 0.05) is 150 Å². The lowest BCUT2D eigenvalue weighted by Crippen LogP contribution is -2.45. The summed E-state index contributed by atoms with van der Waals surface area (Å²) >= 11 is 2.34. The molecular formula is C79H101B4IN14O13. The molecule has 16 rings (SSSR count). The lowest BCUT2D eigenvalue weighted by atomic mass is 9.82. The highest BCUT2D eigenvalue weighted by Crippen LogP contribution is 2.38. The Bertz CT molecular complexity index is 4420. The third-order valence-electron chi connectivity index (χ3n) is 21.2. The summed E-state index contributed by atoms with van der Waals surface area (Å²) in [5.41, 5.74) is 14.5. The normalized spacial score (nSPS) is 17.3. The molecule has 11 N–H and O–H groups in total. The van der Waals surface area contributed by atoms with Gasteiger partial charge in [-0.15, -0.1) is 0 Å². The van der Waals surface area contributed by atoms with Crippen LogP contribution in [0.3, 0.4) is 0 Å². The Kier molecular flexibility index (Phi) is 30.4. The average Bonchev–Trinajstić information content (AvgIpc) is 0.799. The molecule has 27 nitrogen and oxygen atoms in total. The van der Waals surface area contributed by atoms with Crippen molar-refractivity contribution in [3.05, 3.63) is 167 Å². The summed E-state index contributed by atoms with van der Waals surface area (Å²) in [5.74, 6) is 3.80. The van der Waals surface area contributed by atoms with Crippen LogP contribution >= 0.6 is 22.6 Å². The van der Waals surface area contributed by atoms with Crippen LogP contribution in [0.4, 0.5) is 22.7 Å². The molecular weight excluding hydrogens is 1520 g/mol. The molecule has 5 aromatic carbocycles. The molecule has 6 aliphatic rings. The molecule has 32 heteroatoms. The van der Waals surface area contributed by atoms with Gasteiger partial charge in [0.2, 0.25) is 0 Å². The highest BCUT2D eigenvalue weighted by Gasteiger charge is 2.30. The highest BCUT2D eigenvalue weighted by atomic mass is 127. The third-order valence-corrected chi connectivity index (χ3v) is 22.1. The molecule has 0 spiro atoms. The number of rotatable bonds is 14. The van der Waals surface area contributed by atoms with Gasteiger partial charge in [0.1, 0.15) is 53.2 Å². The van der Waals surface area contributed by atoms with Crippen molar-refractivity contribution in [3.63, 3.8) is 0 Å². The minimum atomic E-state index is -0.484. The number of carbonyl (C=O) groups excluding carboxylic acids is 1. The quantitative estimate of drug-likeness (QED) is 0.0161. The minimum Gasteiger partial charge on any atom is -0.507 e. The van der Waals surface area contributed by atoms with Gasteiger partial charge in [0.15, 0.2) is 5.78 Å². The van der Waals surface area contributed by atoms with E-state index in [0.717, 1.165) is 220 Å². The lowest BCUT2D eigenvalue weighted by Gasteiger charge is -2.32. The van der Waals surface area contributed by atoms with E-state index in [0.29, 0.717) is 29.5 Å². The topological polar surface area (TPSA) is 363 Å². The zero-order valence-electron chi connectivity index (χ0n) is 63.6. The number of phenolic OH excluding ortho intramolecular Hbond substituents is 1. The van der Waals surface area contributed by atoms with E-state index >= 15 is 0 Å². The number of Topliss-reactive ketones (excluding diaryl/α,β-unsaturated/α-hetero) is 1. The molecule has 6 saturated heterocycles. The fourth-order valence-corrected chi connectivity index (χ4v) is 15.3.